The van der Waals surface area contributed by atoms with Gasteiger partial charge in [-0.1, -0.05) is 46.3 Å². The average molecular weight is 477 g/mol. The minimum Gasteiger partial charge on any atom is -0.496 e. The van der Waals surface area contributed by atoms with Crippen LogP contribution in [0.4, 0.5) is 0 Å². The van der Waals surface area contributed by atoms with E-state index in [2.05, 4.69) is 15.9 Å². The van der Waals surface area contributed by atoms with E-state index >= 15 is 0 Å². The van der Waals surface area contributed by atoms with Crippen LogP contribution in [0.2, 0.25) is 0 Å². The van der Waals surface area contributed by atoms with E-state index in [0.717, 1.165) is 10.0 Å². The van der Waals surface area contributed by atoms with Gasteiger partial charge in [-0.2, -0.15) is 0 Å². The van der Waals surface area contributed by atoms with Crippen molar-refractivity contribution in [1.82, 2.24) is 0 Å². The lowest BCUT2D eigenvalue weighted by Crippen LogP contribution is -2.03. The maximum Gasteiger partial charge on any atom is 0.336 e. The predicted molar refractivity (Wildman–Crippen MR) is 121 cm³/mol. The fourth-order valence-electron chi connectivity index (χ4n) is 3.07. The summed E-state index contributed by atoms with van der Waals surface area (Å²) in [5, 5.41) is 0. The number of allylic oxidation sites excluding steroid dienone is 1. The number of ether oxygens (including phenoxy) is 3. The Bertz CT molecular complexity index is 1210. The molecule has 1 aliphatic heterocycles. The summed E-state index contributed by atoms with van der Waals surface area (Å²) in [5.74, 6) is 0.626. The number of hydrogen-bond acceptors (Lipinski definition) is 5. The summed E-state index contributed by atoms with van der Waals surface area (Å²) < 4.78 is 17.3. The fourth-order valence-corrected chi connectivity index (χ4v) is 3.45. The third-order valence-electron chi connectivity index (χ3n) is 4.55. The van der Waals surface area contributed by atoms with Gasteiger partial charge in [-0.3, -0.25) is 4.79 Å². The summed E-state index contributed by atoms with van der Waals surface area (Å²) in [5.41, 5.74) is 1.99. The van der Waals surface area contributed by atoms with E-state index in [0.29, 0.717) is 22.6 Å². The van der Waals surface area contributed by atoms with Gasteiger partial charge < -0.3 is 14.2 Å². The van der Waals surface area contributed by atoms with E-state index in [1.807, 2.05) is 42.5 Å². The number of carbonyl (C=O) groups excluding carboxylic acids is 2. The molecule has 1 heterocycles. The van der Waals surface area contributed by atoms with E-state index in [-0.39, 0.29) is 17.3 Å². The second kappa shape index (κ2) is 9.02. The van der Waals surface area contributed by atoms with E-state index in [9.17, 15) is 9.59 Å². The lowest BCUT2D eigenvalue weighted by molar-refractivity contribution is -0.128. The Balaban J connectivity index is 1.51. The number of ketones is 1. The monoisotopic (exact) mass is 476 g/mol. The number of halogens is 1. The number of fused-ring (bicyclic) bond motifs is 1. The van der Waals surface area contributed by atoms with Crippen LogP contribution in [0, 0.1) is 0 Å². The third kappa shape index (κ3) is 4.75. The van der Waals surface area contributed by atoms with Gasteiger partial charge in [-0.05, 0) is 48.0 Å². The molecule has 154 valence electrons. The maximum atomic E-state index is 12.7. The number of benzene rings is 3. The van der Waals surface area contributed by atoms with Crippen LogP contribution in [0.15, 0.2) is 83.0 Å². The van der Waals surface area contributed by atoms with Crippen LogP contribution in [-0.4, -0.2) is 18.9 Å². The minimum absolute atomic E-state index is 0.166. The topological polar surface area (TPSA) is 61.8 Å². The molecule has 0 bridgehead atoms. The molecule has 0 fully saturated rings. The van der Waals surface area contributed by atoms with E-state index in [1.165, 1.54) is 12.1 Å². The van der Waals surface area contributed by atoms with Crippen LogP contribution >= 0.6 is 15.9 Å². The molecule has 1 aliphatic rings. The predicted octanol–water partition coefficient (Wildman–Crippen LogP) is 5.69. The molecule has 0 atom stereocenters. The highest BCUT2D eigenvalue weighted by atomic mass is 79.9. The second-order valence-corrected chi connectivity index (χ2v) is 7.56. The zero-order chi connectivity index (χ0) is 21.8. The summed E-state index contributed by atoms with van der Waals surface area (Å²) in [6, 6.07) is 19.6. The van der Waals surface area contributed by atoms with Gasteiger partial charge >= 0.3 is 5.97 Å². The van der Waals surface area contributed by atoms with Crippen LogP contribution < -0.4 is 14.2 Å². The molecule has 3 aromatic carbocycles. The summed E-state index contributed by atoms with van der Waals surface area (Å²) in [7, 11) is 1.56. The van der Waals surface area contributed by atoms with Crippen molar-refractivity contribution in [3.63, 3.8) is 0 Å². The zero-order valence-electron chi connectivity index (χ0n) is 16.5. The molecule has 4 rings (SSSR count). The maximum absolute atomic E-state index is 12.7. The molecule has 0 saturated carbocycles. The first-order valence-electron chi connectivity index (χ1n) is 9.40. The molecule has 0 aromatic heterocycles. The average Bonchev–Trinajstić information content (AvgIpc) is 3.08. The van der Waals surface area contributed by atoms with Crippen molar-refractivity contribution in [3.8, 4) is 17.2 Å². The van der Waals surface area contributed by atoms with Crippen LogP contribution in [0.1, 0.15) is 21.5 Å². The highest BCUT2D eigenvalue weighted by Crippen LogP contribution is 2.36. The molecule has 6 heteroatoms. The largest absolute Gasteiger partial charge is 0.496 e. The highest BCUT2D eigenvalue weighted by Gasteiger charge is 2.28. The first-order valence-corrected chi connectivity index (χ1v) is 10.2. The van der Waals surface area contributed by atoms with Crippen molar-refractivity contribution in [1.29, 1.82) is 0 Å². The molecular weight excluding hydrogens is 460 g/mol. The number of rotatable bonds is 5. The Morgan fingerprint density at radius 2 is 1.84 bits per heavy atom. The van der Waals surface area contributed by atoms with Crippen LogP contribution in [0.25, 0.3) is 12.2 Å². The van der Waals surface area contributed by atoms with Gasteiger partial charge in [0.25, 0.3) is 0 Å². The normalized spacial score (nSPS) is 13.9. The van der Waals surface area contributed by atoms with E-state index in [4.69, 9.17) is 14.2 Å². The smallest absolute Gasteiger partial charge is 0.336 e. The Hall–Kier alpha value is -3.64. The third-order valence-corrected chi connectivity index (χ3v) is 5.04. The Labute approximate surface area is 187 Å². The molecule has 0 radical (unpaired) electrons. The van der Waals surface area contributed by atoms with Gasteiger partial charge in [0.05, 0.1) is 12.7 Å². The van der Waals surface area contributed by atoms with Gasteiger partial charge in [-0.15, -0.1) is 0 Å². The molecule has 3 aromatic rings. The summed E-state index contributed by atoms with van der Waals surface area (Å²) in [6.45, 7) is 0. The quantitative estimate of drug-likeness (QED) is 0.268. The molecule has 0 N–H and O–H groups in total. The zero-order valence-corrected chi connectivity index (χ0v) is 18.1. The Morgan fingerprint density at radius 3 is 2.61 bits per heavy atom. The van der Waals surface area contributed by atoms with Crippen molar-refractivity contribution in [2.24, 2.45) is 0 Å². The molecule has 0 unspecified atom stereocenters. The summed E-state index contributed by atoms with van der Waals surface area (Å²) in [6.07, 6.45) is 4.64. The van der Waals surface area contributed by atoms with Gasteiger partial charge in [0.1, 0.15) is 17.2 Å². The molecule has 31 heavy (non-hydrogen) atoms. The number of methoxy groups -OCH3 is 1. The molecule has 5 nitrogen and oxygen atoms in total. The molecule has 0 spiro atoms. The van der Waals surface area contributed by atoms with Crippen molar-refractivity contribution in [2.75, 3.05) is 7.11 Å². The number of hydrogen-bond donors (Lipinski definition) is 0. The first kappa shape index (κ1) is 20.6. The minimum atomic E-state index is -0.525. The van der Waals surface area contributed by atoms with Crippen molar-refractivity contribution < 1.29 is 23.8 Å². The lowest BCUT2D eigenvalue weighted by atomic mass is 10.1. The van der Waals surface area contributed by atoms with Gasteiger partial charge in [0.15, 0.2) is 5.76 Å². The summed E-state index contributed by atoms with van der Waals surface area (Å²) in [4.78, 5) is 24.8. The van der Waals surface area contributed by atoms with Gasteiger partial charge in [0, 0.05) is 22.2 Å². The van der Waals surface area contributed by atoms with Crippen LogP contribution in [0.3, 0.4) is 0 Å². The van der Waals surface area contributed by atoms with E-state index in [1.54, 1.807) is 37.5 Å². The number of Topliss-reactive ketones (excluding diaryl/α,β-unsaturated/α-hetero) is 1. The number of carbonyl (C=O) groups is 2. The summed E-state index contributed by atoms with van der Waals surface area (Å²) >= 11 is 3.41. The van der Waals surface area contributed by atoms with Crippen molar-refractivity contribution in [3.05, 3.63) is 99.7 Å². The van der Waals surface area contributed by atoms with Crippen LogP contribution in [-0.2, 0) is 4.79 Å². The first-order chi connectivity index (χ1) is 15.0. The SMILES string of the molecule is COc1ccc(Br)cc1C=C1Oc2cc(OC(=O)C=Cc3ccccc3)ccc2C1=O. The second-order valence-electron chi connectivity index (χ2n) is 6.65. The van der Waals surface area contributed by atoms with Gasteiger partial charge in [0.2, 0.25) is 5.78 Å². The molecule has 0 saturated heterocycles. The van der Waals surface area contributed by atoms with Crippen LogP contribution in [0.5, 0.6) is 17.2 Å². The van der Waals surface area contributed by atoms with E-state index < -0.39 is 5.97 Å². The van der Waals surface area contributed by atoms with Crippen molar-refractivity contribution >= 4 is 39.8 Å². The highest BCUT2D eigenvalue weighted by molar-refractivity contribution is 9.10. The Morgan fingerprint density at radius 1 is 1.03 bits per heavy atom. The lowest BCUT2D eigenvalue weighted by Gasteiger charge is -2.06. The molecular formula is C25H17BrO5. The van der Waals surface area contributed by atoms with Gasteiger partial charge in [-0.25, -0.2) is 4.79 Å². The standard InChI is InChI=1S/C25H17BrO5/c1-29-21-11-8-18(26)13-17(21)14-23-25(28)20-10-9-19(15-22(20)31-23)30-24(27)12-7-16-5-3-2-4-6-16/h2-15H,1H3. The number of esters is 1. The molecule has 0 amide bonds. The molecule has 0 aliphatic carbocycles. The fraction of sp³-hybridized carbons (Fsp3) is 0.0400. The Kier molecular flexibility index (Phi) is 6.00. The van der Waals surface area contributed by atoms with Crippen molar-refractivity contribution in [2.45, 2.75) is 0 Å².